The molecule has 8 rings (SSSR count). The molecule has 0 heterocycles. The lowest BCUT2D eigenvalue weighted by Crippen LogP contribution is -2.15. The summed E-state index contributed by atoms with van der Waals surface area (Å²) in [5.41, 5.74) is 10.8. The van der Waals surface area contributed by atoms with Gasteiger partial charge in [-0.05, 0) is 117 Å². The first-order valence-corrected chi connectivity index (χ1v) is 17.7. The second kappa shape index (κ2) is 13.7. The third-order valence-electron chi connectivity index (χ3n) is 11.1. The fourth-order valence-corrected chi connectivity index (χ4v) is 8.84. The van der Waals surface area contributed by atoms with E-state index in [1.54, 1.807) is 49.8 Å². The van der Waals surface area contributed by atoms with Gasteiger partial charge in [-0.2, -0.15) is 0 Å². The fourth-order valence-electron chi connectivity index (χ4n) is 8.84. The Bertz CT molecular complexity index is 2310. The van der Waals surface area contributed by atoms with Gasteiger partial charge in [0.25, 0.3) is 0 Å². The monoisotopic (exact) mass is 696 g/mol. The summed E-state index contributed by atoms with van der Waals surface area (Å²) >= 11 is 0. The maximum Gasteiger partial charge on any atom is 0.169 e. The van der Waals surface area contributed by atoms with E-state index < -0.39 is 0 Å². The van der Waals surface area contributed by atoms with Gasteiger partial charge in [0.15, 0.2) is 11.5 Å². The van der Waals surface area contributed by atoms with E-state index in [2.05, 4.69) is 66.7 Å². The summed E-state index contributed by atoms with van der Waals surface area (Å²) in [7, 11) is 12.2. The smallest absolute Gasteiger partial charge is 0.169 e. The van der Waals surface area contributed by atoms with Crippen LogP contribution in [0.3, 0.4) is 0 Å². The molecule has 0 aliphatic heterocycles. The third-order valence-corrected chi connectivity index (χ3v) is 11.1. The Kier molecular flexibility index (Phi) is 8.94. The van der Waals surface area contributed by atoms with Gasteiger partial charge in [0, 0.05) is 25.2 Å². The summed E-state index contributed by atoms with van der Waals surface area (Å²) in [4.78, 5) is 0. The molecule has 0 N–H and O–H groups in total. The van der Waals surface area contributed by atoms with Gasteiger partial charge in [0.2, 0.25) is 0 Å². The molecular formula is C45H44O7. The maximum absolute atomic E-state index is 6.64. The number of aryl methyl sites for hydroxylation is 2. The van der Waals surface area contributed by atoms with Crippen LogP contribution in [0.15, 0.2) is 78.9 Å². The van der Waals surface area contributed by atoms with Crippen molar-refractivity contribution in [2.45, 2.75) is 37.9 Å². The Morgan fingerprint density at radius 3 is 1.75 bits per heavy atom. The summed E-state index contributed by atoms with van der Waals surface area (Å²) in [6, 6.07) is 27.5. The third kappa shape index (κ3) is 5.09. The van der Waals surface area contributed by atoms with Crippen LogP contribution in [0.5, 0.6) is 28.7 Å². The maximum atomic E-state index is 6.64. The lowest BCUT2D eigenvalue weighted by Gasteiger charge is -2.33. The zero-order valence-corrected chi connectivity index (χ0v) is 30.8. The molecule has 0 aromatic heterocycles. The van der Waals surface area contributed by atoms with Crippen molar-refractivity contribution in [2.75, 3.05) is 49.8 Å². The molecule has 52 heavy (non-hydrogen) atoms. The molecular weight excluding hydrogens is 652 g/mol. The minimum Gasteiger partial charge on any atom is -0.497 e. The van der Waals surface area contributed by atoms with Crippen LogP contribution in [0.25, 0.3) is 54.9 Å². The molecule has 0 radical (unpaired) electrons. The van der Waals surface area contributed by atoms with Gasteiger partial charge < -0.3 is 33.2 Å². The van der Waals surface area contributed by atoms with Gasteiger partial charge in [-0.1, -0.05) is 48.5 Å². The van der Waals surface area contributed by atoms with Crippen LogP contribution in [0.4, 0.5) is 0 Å². The summed E-state index contributed by atoms with van der Waals surface area (Å²) in [5.74, 6) is 3.59. The SMILES string of the molecule is COc1ccc(-c2c(-c3cc(-c4ccccc4)c4c5c(cc(OC)c(OC)c35)CCC4OC)c(OC)c3c(OC)ccc4c3c2C(OC)CC4)cc1. The Labute approximate surface area is 304 Å². The summed E-state index contributed by atoms with van der Waals surface area (Å²) < 4.78 is 43.5. The molecule has 7 nitrogen and oxygen atoms in total. The topological polar surface area (TPSA) is 64.6 Å². The lowest BCUT2D eigenvalue weighted by atomic mass is 9.75. The van der Waals surface area contributed by atoms with Crippen LogP contribution < -0.4 is 23.7 Å². The molecule has 0 amide bonds. The van der Waals surface area contributed by atoms with E-state index in [4.69, 9.17) is 33.2 Å². The first-order chi connectivity index (χ1) is 25.5. The number of rotatable bonds is 10. The first kappa shape index (κ1) is 33.9. The molecule has 0 saturated carbocycles. The van der Waals surface area contributed by atoms with Crippen molar-refractivity contribution in [3.63, 3.8) is 0 Å². The molecule has 2 atom stereocenters. The van der Waals surface area contributed by atoms with Gasteiger partial charge in [-0.3, -0.25) is 0 Å². The average Bonchev–Trinajstić information content (AvgIpc) is 3.21. The number of ether oxygens (including phenoxy) is 7. The predicted octanol–water partition coefficient (Wildman–Crippen LogP) is 10.3. The van der Waals surface area contributed by atoms with Crippen molar-refractivity contribution in [3.8, 4) is 62.1 Å². The average molecular weight is 697 g/mol. The van der Waals surface area contributed by atoms with E-state index in [0.29, 0.717) is 11.5 Å². The highest BCUT2D eigenvalue weighted by molar-refractivity contribution is 6.17. The molecule has 2 aliphatic carbocycles. The quantitative estimate of drug-likeness (QED) is 0.141. The van der Waals surface area contributed by atoms with E-state index >= 15 is 0 Å². The highest BCUT2D eigenvalue weighted by Crippen LogP contribution is 2.59. The van der Waals surface area contributed by atoms with Crippen molar-refractivity contribution in [1.82, 2.24) is 0 Å². The standard InChI is InChI=1S/C45H44O7/c1-46-29-18-13-26(14-19-29)36-41(45(52-7)43-34(49-4)21-16-27-15-20-33(48-3)42(36)37(27)43)31-24-30(25-11-9-8-10-12-25)39-32(47-2)22-17-28-23-35(50-5)44(51-6)40(31)38(28)39/h8-14,16,18-19,21,23-24,32-33H,15,17,20,22H2,1-7H3. The van der Waals surface area contributed by atoms with Crippen LogP contribution in [0, 0.1) is 0 Å². The summed E-state index contributed by atoms with van der Waals surface area (Å²) in [6.45, 7) is 0. The van der Waals surface area contributed by atoms with Crippen LogP contribution in [-0.4, -0.2) is 49.8 Å². The van der Waals surface area contributed by atoms with Crippen molar-refractivity contribution in [3.05, 3.63) is 101 Å². The van der Waals surface area contributed by atoms with Crippen LogP contribution in [0.2, 0.25) is 0 Å². The highest BCUT2D eigenvalue weighted by Gasteiger charge is 2.36. The van der Waals surface area contributed by atoms with E-state index in [0.717, 1.165) is 109 Å². The summed E-state index contributed by atoms with van der Waals surface area (Å²) in [6.07, 6.45) is 3.10. The molecule has 6 aromatic rings. The lowest BCUT2D eigenvalue weighted by molar-refractivity contribution is 0.0955. The van der Waals surface area contributed by atoms with Crippen molar-refractivity contribution < 1.29 is 33.2 Å². The zero-order chi connectivity index (χ0) is 36.1. The molecule has 2 unspecified atom stereocenters. The minimum absolute atomic E-state index is 0.112. The second-order valence-corrected chi connectivity index (χ2v) is 13.4. The van der Waals surface area contributed by atoms with Crippen LogP contribution in [0.1, 0.15) is 47.3 Å². The van der Waals surface area contributed by atoms with E-state index in [1.807, 2.05) is 12.1 Å². The normalized spacial score (nSPS) is 16.2. The fraction of sp³-hybridized carbons (Fsp3) is 0.289. The minimum atomic E-state index is -0.174. The molecule has 0 spiro atoms. The van der Waals surface area contributed by atoms with Crippen molar-refractivity contribution in [1.29, 1.82) is 0 Å². The number of benzene rings is 6. The van der Waals surface area contributed by atoms with Gasteiger partial charge in [0.05, 0.1) is 53.1 Å². The zero-order valence-electron chi connectivity index (χ0n) is 30.8. The van der Waals surface area contributed by atoms with Crippen LogP contribution >= 0.6 is 0 Å². The second-order valence-electron chi connectivity index (χ2n) is 13.4. The largest absolute Gasteiger partial charge is 0.497 e. The van der Waals surface area contributed by atoms with Crippen molar-refractivity contribution >= 4 is 21.5 Å². The molecule has 266 valence electrons. The number of methoxy groups -OCH3 is 7. The number of hydrogen-bond acceptors (Lipinski definition) is 7. The molecule has 2 aliphatic rings. The number of hydrogen-bond donors (Lipinski definition) is 0. The Morgan fingerprint density at radius 2 is 1.12 bits per heavy atom. The van der Waals surface area contributed by atoms with Crippen molar-refractivity contribution in [2.24, 2.45) is 0 Å². The van der Waals surface area contributed by atoms with E-state index in [-0.39, 0.29) is 12.2 Å². The predicted molar refractivity (Wildman–Crippen MR) is 207 cm³/mol. The van der Waals surface area contributed by atoms with Gasteiger partial charge in [-0.15, -0.1) is 0 Å². The Morgan fingerprint density at radius 1 is 0.462 bits per heavy atom. The Balaban J connectivity index is 1.68. The van der Waals surface area contributed by atoms with Crippen LogP contribution in [-0.2, 0) is 22.3 Å². The first-order valence-electron chi connectivity index (χ1n) is 17.7. The molecule has 6 aromatic carbocycles. The van der Waals surface area contributed by atoms with Gasteiger partial charge >= 0.3 is 0 Å². The highest BCUT2D eigenvalue weighted by atomic mass is 16.5. The van der Waals surface area contributed by atoms with Gasteiger partial charge in [0.1, 0.15) is 17.2 Å². The van der Waals surface area contributed by atoms with E-state index in [9.17, 15) is 0 Å². The summed E-state index contributed by atoms with van der Waals surface area (Å²) in [5, 5.41) is 4.10. The molecule has 0 fully saturated rings. The van der Waals surface area contributed by atoms with Gasteiger partial charge in [-0.25, -0.2) is 0 Å². The van der Waals surface area contributed by atoms with E-state index in [1.165, 1.54) is 11.1 Å². The Hall–Kier alpha value is -5.24. The molecule has 0 saturated heterocycles. The molecule has 7 heteroatoms. The molecule has 0 bridgehead atoms.